The second-order valence-corrected chi connectivity index (χ2v) is 2.78. The number of hydrogen-bond acceptors (Lipinski definition) is 3. The van der Waals surface area contributed by atoms with Gasteiger partial charge in [0.05, 0.1) is 11.9 Å². The van der Waals surface area contributed by atoms with Crippen LogP contribution in [-0.4, -0.2) is 20.7 Å². The van der Waals surface area contributed by atoms with Gasteiger partial charge < -0.3 is 4.79 Å². The maximum absolute atomic E-state index is 10.1. The Hall–Kier alpha value is -1.97. The fourth-order valence-electron chi connectivity index (χ4n) is 1.21. The number of aromatic nitrogens is 3. The Morgan fingerprint density at radius 2 is 2.36 bits per heavy atom. The van der Waals surface area contributed by atoms with Crippen LogP contribution in [0.3, 0.4) is 0 Å². The molecule has 0 atom stereocenters. The van der Waals surface area contributed by atoms with Crippen LogP contribution in [0.1, 0.15) is 12.1 Å². The first-order valence-electron chi connectivity index (χ1n) is 4.30. The third-order valence-electron chi connectivity index (χ3n) is 1.84. The van der Waals surface area contributed by atoms with E-state index in [0.29, 0.717) is 12.2 Å². The largest absolute Gasteiger partial charge is 0.303 e. The van der Waals surface area contributed by atoms with Crippen LogP contribution in [0.2, 0.25) is 0 Å². The molecule has 4 nitrogen and oxygen atoms in total. The van der Waals surface area contributed by atoms with Crippen molar-refractivity contribution in [2.45, 2.75) is 6.42 Å². The number of nitrogens with zero attached hydrogens (tertiary/aromatic N) is 3. The van der Waals surface area contributed by atoms with Crippen LogP contribution in [0.25, 0.3) is 11.9 Å². The van der Waals surface area contributed by atoms with E-state index < -0.39 is 0 Å². The van der Waals surface area contributed by atoms with Crippen molar-refractivity contribution in [2.75, 3.05) is 0 Å². The van der Waals surface area contributed by atoms with Crippen molar-refractivity contribution in [3.63, 3.8) is 0 Å². The van der Waals surface area contributed by atoms with E-state index in [2.05, 4.69) is 9.97 Å². The van der Waals surface area contributed by atoms with Gasteiger partial charge in [0.25, 0.3) is 0 Å². The second-order valence-electron chi connectivity index (χ2n) is 2.78. The topological polar surface area (TPSA) is 47.3 Å². The minimum atomic E-state index is 0.424. The predicted octanol–water partition coefficient (Wildman–Crippen LogP) is 1.33. The van der Waals surface area contributed by atoms with Gasteiger partial charge in [0.15, 0.2) is 0 Å². The Morgan fingerprint density at radius 1 is 1.43 bits per heavy atom. The molecule has 0 spiro atoms. The predicted molar refractivity (Wildman–Crippen MR) is 52.7 cm³/mol. The lowest BCUT2D eigenvalue weighted by Gasteiger charge is -1.92. The summed E-state index contributed by atoms with van der Waals surface area (Å²) < 4.78 is 1.86. The molecule has 0 saturated heterocycles. The van der Waals surface area contributed by atoms with Crippen molar-refractivity contribution < 1.29 is 4.79 Å². The van der Waals surface area contributed by atoms with Crippen molar-refractivity contribution in [3.8, 4) is 0 Å². The van der Waals surface area contributed by atoms with E-state index in [0.717, 1.165) is 12.0 Å². The third-order valence-corrected chi connectivity index (χ3v) is 1.84. The summed E-state index contributed by atoms with van der Waals surface area (Å²) in [5.74, 6) is 0.665. The highest BCUT2D eigenvalue weighted by Gasteiger charge is 1.97. The van der Waals surface area contributed by atoms with Crippen molar-refractivity contribution in [2.24, 2.45) is 0 Å². The maximum atomic E-state index is 10.1. The number of carbonyl (C=O) groups excluding carboxylic acids is 1. The molecule has 0 radical (unpaired) electrons. The first kappa shape index (κ1) is 8.62. The normalized spacial score (nSPS) is 11.1. The summed E-state index contributed by atoms with van der Waals surface area (Å²) in [5, 5.41) is 0. The Kier molecular flexibility index (Phi) is 2.36. The zero-order valence-electron chi connectivity index (χ0n) is 7.50. The third kappa shape index (κ3) is 1.54. The Bertz CT molecular complexity index is 473. The molecule has 2 aromatic rings. The summed E-state index contributed by atoms with van der Waals surface area (Å²) in [7, 11) is 0. The SMILES string of the molecule is O=CCC=Cc1cnc2ncccn12. The molecule has 14 heavy (non-hydrogen) atoms. The number of imidazole rings is 1. The minimum Gasteiger partial charge on any atom is -0.303 e. The van der Waals surface area contributed by atoms with E-state index in [1.807, 2.05) is 22.7 Å². The van der Waals surface area contributed by atoms with Gasteiger partial charge in [-0.05, 0) is 12.1 Å². The van der Waals surface area contributed by atoms with Gasteiger partial charge in [-0.1, -0.05) is 6.08 Å². The summed E-state index contributed by atoms with van der Waals surface area (Å²) in [6.07, 6.45) is 10.2. The lowest BCUT2D eigenvalue weighted by atomic mass is 10.3. The van der Waals surface area contributed by atoms with E-state index in [9.17, 15) is 4.79 Å². The second kappa shape index (κ2) is 3.83. The van der Waals surface area contributed by atoms with Gasteiger partial charge in [0, 0.05) is 18.8 Å². The van der Waals surface area contributed by atoms with Crippen molar-refractivity contribution in [1.29, 1.82) is 0 Å². The van der Waals surface area contributed by atoms with Crippen LogP contribution < -0.4 is 0 Å². The zero-order chi connectivity index (χ0) is 9.80. The van der Waals surface area contributed by atoms with Gasteiger partial charge in [-0.15, -0.1) is 0 Å². The highest BCUT2D eigenvalue weighted by molar-refractivity contribution is 5.57. The number of rotatable bonds is 3. The molecule has 0 unspecified atom stereocenters. The molecule has 0 saturated carbocycles. The molecule has 0 aliphatic carbocycles. The molecular weight excluding hydrogens is 178 g/mol. The summed E-state index contributed by atoms with van der Waals surface area (Å²) in [6.45, 7) is 0. The summed E-state index contributed by atoms with van der Waals surface area (Å²) >= 11 is 0. The number of carbonyl (C=O) groups is 1. The summed E-state index contributed by atoms with van der Waals surface area (Å²) in [5.41, 5.74) is 0.926. The molecule has 2 aromatic heterocycles. The monoisotopic (exact) mass is 187 g/mol. The standard InChI is InChI=1S/C10H9N3O/c14-7-2-1-4-9-8-12-10-11-5-3-6-13(9)10/h1,3-8H,2H2. The van der Waals surface area contributed by atoms with E-state index in [-0.39, 0.29) is 0 Å². The van der Waals surface area contributed by atoms with Crippen LogP contribution in [0.4, 0.5) is 0 Å². The molecule has 0 aliphatic rings. The fourth-order valence-corrected chi connectivity index (χ4v) is 1.21. The van der Waals surface area contributed by atoms with E-state index in [1.165, 1.54) is 0 Å². The average molecular weight is 187 g/mol. The number of fused-ring (bicyclic) bond motifs is 1. The lowest BCUT2D eigenvalue weighted by molar-refractivity contribution is -0.107. The Labute approximate surface area is 80.9 Å². The number of allylic oxidation sites excluding steroid dienone is 1. The molecule has 0 bridgehead atoms. The van der Waals surface area contributed by atoms with E-state index >= 15 is 0 Å². The highest BCUT2D eigenvalue weighted by Crippen LogP contribution is 2.05. The fraction of sp³-hybridized carbons (Fsp3) is 0.100. The van der Waals surface area contributed by atoms with Gasteiger partial charge in [0.2, 0.25) is 5.78 Å². The van der Waals surface area contributed by atoms with Gasteiger partial charge >= 0.3 is 0 Å². The zero-order valence-corrected chi connectivity index (χ0v) is 7.50. The maximum Gasteiger partial charge on any atom is 0.234 e. The van der Waals surface area contributed by atoms with E-state index in [1.54, 1.807) is 18.5 Å². The quantitative estimate of drug-likeness (QED) is 0.681. The highest BCUT2D eigenvalue weighted by atomic mass is 16.1. The van der Waals surface area contributed by atoms with Crippen molar-refractivity contribution in [1.82, 2.24) is 14.4 Å². The molecule has 0 fully saturated rings. The van der Waals surface area contributed by atoms with Gasteiger partial charge in [-0.3, -0.25) is 4.40 Å². The average Bonchev–Trinajstić information content (AvgIpc) is 2.63. The van der Waals surface area contributed by atoms with E-state index in [4.69, 9.17) is 0 Å². The van der Waals surface area contributed by atoms with Crippen LogP contribution in [0.5, 0.6) is 0 Å². The van der Waals surface area contributed by atoms with Crippen LogP contribution in [-0.2, 0) is 4.79 Å². The summed E-state index contributed by atoms with van der Waals surface area (Å²) in [4.78, 5) is 18.3. The first-order chi connectivity index (χ1) is 6.92. The Balaban J connectivity index is 2.38. The molecule has 0 N–H and O–H groups in total. The molecule has 0 amide bonds. The molecule has 0 aliphatic heterocycles. The first-order valence-corrected chi connectivity index (χ1v) is 4.30. The number of aldehydes is 1. The van der Waals surface area contributed by atoms with Gasteiger partial charge in [-0.25, -0.2) is 9.97 Å². The van der Waals surface area contributed by atoms with Crippen LogP contribution >= 0.6 is 0 Å². The van der Waals surface area contributed by atoms with Crippen LogP contribution in [0.15, 0.2) is 30.7 Å². The lowest BCUT2D eigenvalue weighted by Crippen LogP contribution is -1.87. The molecule has 4 heteroatoms. The van der Waals surface area contributed by atoms with Crippen molar-refractivity contribution >= 4 is 18.1 Å². The van der Waals surface area contributed by atoms with Crippen molar-refractivity contribution in [3.05, 3.63) is 36.4 Å². The molecule has 2 rings (SSSR count). The minimum absolute atomic E-state index is 0.424. The van der Waals surface area contributed by atoms with Gasteiger partial charge in [0.1, 0.15) is 6.29 Å². The summed E-state index contributed by atoms with van der Waals surface area (Å²) in [6, 6.07) is 1.84. The Morgan fingerprint density at radius 3 is 3.21 bits per heavy atom. The molecular formula is C10H9N3O. The van der Waals surface area contributed by atoms with Crippen LogP contribution in [0, 0.1) is 0 Å². The smallest absolute Gasteiger partial charge is 0.234 e. The van der Waals surface area contributed by atoms with Gasteiger partial charge in [-0.2, -0.15) is 0 Å². The number of hydrogen-bond donors (Lipinski definition) is 0. The molecule has 0 aromatic carbocycles. The molecule has 2 heterocycles. The molecule has 70 valence electrons.